The molecule has 2 amide bonds. The number of anilines is 1. The van der Waals surface area contributed by atoms with Crippen molar-refractivity contribution in [2.75, 3.05) is 5.32 Å². The highest BCUT2D eigenvalue weighted by atomic mass is 19.1. The first-order valence-corrected chi connectivity index (χ1v) is 8.22. The van der Waals surface area contributed by atoms with Crippen LogP contribution in [0.25, 0.3) is 5.69 Å². The number of carbonyl (C=O) groups excluding carboxylic acids is 1. The van der Waals surface area contributed by atoms with E-state index in [2.05, 4.69) is 16.0 Å². The van der Waals surface area contributed by atoms with Gasteiger partial charge in [-0.2, -0.15) is 0 Å². The summed E-state index contributed by atoms with van der Waals surface area (Å²) in [5.41, 5.74) is 3.80. The van der Waals surface area contributed by atoms with Gasteiger partial charge in [-0.3, -0.25) is 0 Å². The molecule has 4 rings (SSSR count). The molecule has 1 aliphatic heterocycles. The van der Waals surface area contributed by atoms with E-state index in [0.717, 1.165) is 16.9 Å². The molecule has 1 aliphatic rings. The lowest BCUT2D eigenvalue weighted by Crippen LogP contribution is -2.36. The standard InChI is InChI=1S/C20H18FN3O/c1-14-18-7-4-12-23(18)19-6-3-2-5-15(19)13-24(14)20(25)22-17-10-8-16(21)9-11-17/h2-12,14H,13H2,1H3,(H,22,25)/t14-/m0/s1. The Morgan fingerprint density at radius 1 is 1.08 bits per heavy atom. The second kappa shape index (κ2) is 6.09. The maximum Gasteiger partial charge on any atom is 0.322 e. The predicted octanol–water partition coefficient (Wildman–Crippen LogP) is 4.73. The number of hydrogen-bond acceptors (Lipinski definition) is 1. The van der Waals surface area contributed by atoms with Crippen LogP contribution in [-0.4, -0.2) is 15.5 Å². The predicted molar refractivity (Wildman–Crippen MR) is 95.1 cm³/mol. The summed E-state index contributed by atoms with van der Waals surface area (Å²) in [5, 5.41) is 2.86. The van der Waals surface area contributed by atoms with E-state index in [1.54, 1.807) is 17.0 Å². The first-order valence-electron chi connectivity index (χ1n) is 8.22. The number of fused-ring (bicyclic) bond motifs is 3. The smallest absolute Gasteiger partial charge is 0.318 e. The van der Waals surface area contributed by atoms with Gasteiger partial charge in [0.15, 0.2) is 0 Å². The number of aromatic nitrogens is 1. The van der Waals surface area contributed by atoms with Crippen LogP contribution in [-0.2, 0) is 6.54 Å². The second-order valence-electron chi connectivity index (χ2n) is 6.17. The van der Waals surface area contributed by atoms with Crippen molar-refractivity contribution in [2.45, 2.75) is 19.5 Å². The Morgan fingerprint density at radius 2 is 1.84 bits per heavy atom. The fourth-order valence-electron chi connectivity index (χ4n) is 3.29. The Bertz CT molecular complexity index is 917. The first-order chi connectivity index (χ1) is 12.1. The number of nitrogens with zero attached hydrogens (tertiary/aromatic N) is 2. The third-order valence-corrected chi connectivity index (χ3v) is 4.62. The van der Waals surface area contributed by atoms with E-state index in [9.17, 15) is 9.18 Å². The summed E-state index contributed by atoms with van der Waals surface area (Å²) in [6, 6.07) is 17.6. The lowest BCUT2D eigenvalue weighted by molar-refractivity contribution is 0.189. The molecule has 0 saturated carbocycles. The highest BCUT2D eigenvalue weighted by Crippen LogP contribution is 2.32. The molecular formula is C20H18FN3O. The van der Waals surface area contributed by atoms with Crippen molar-refractivity contribution in [3.63, 3.8) is 0 Å². The van der Waals surface area contributed by atoms with E-state index in [1.807, 2.05) is 43.5 Å². The Hall–Kier alpha value is -3.08. The summed E-state index contributed by atoms with van der Waals surface area (Å²) in [6.45, 7) is 2.52. The van der Waals surface area contributed by atoms with Gasteiger partial charge < -0.3 is 14.8 Å². The molecule has 4 nitrogen and oxygen atoms in total. The molecule has 0 fully saturated rings. The van der Waals surface area contributed by atoms with Gasteiger partial charge in [0, 0.05) is 17.6 Å². The fourth-order valence-corrected chi connectivity index (χ4v) is 3.29. The minimum atomic E-state index is -0.326. The molecule has 0 spiro atoms. The van der Waals surface area contributed by atoms with Crippen molar-refractivity contribution in [3.05, 3.63) is 83.9 Å². The normalized spacial score (nSPS) is 15.9. The maximum atomic E-state index is 13.1. The zero-order chi connectivity index (χ0) is 17.4. The molecular weight excluding hydrogens is 317 g/mol. The van der Waals surface area contributed by atoms with E-state index in [0.29, 0.717) is 12.2 Å². The maximum absolute atomic E-state index is 13.1. The van der Waals surface area contributed by atoms with Crippen molar-refractivity contribution in [3.8, 4) is 5.69 Å². The van der Waals surface area contributed by atoms with Crippen molar-refractivity contribution in [1.29, 1.82) is 0 Å². The number of halogens is 1. The lowest BCUT2D eigenvalue weighted by Gasteiger charge is -2.27. The van der Waals surface area contributed by atoms with E-state index < -0.39 is 0 Å². The number of carbonyl (C=O) groups is 1. The molecule has 25 heavy (non-hydrogen) atoms. The molecule has 0 unspecified atom stereocenters. The summed E-state index contributed by atoms with van der Waals surface area (Å²) < 4.78 is 15.2. The third kappa shape index (κ3) is 2.78. The Morgan fingerprint density at radius 3 is 2.64 bits per heavy atom. The van der Waals surface area contributed by atoms with E-state index in [4.69, 9.17) is 0 Å². The third-order valence-electron chi connectivity index (χ3n) is 4.62. The van der Waals surface area contributed by atoms with Gasteiger partial charge in [0.1, 0.15) is 5.82 Å². The monoisotopic (exact) mass is 335 g/mol. The molecule has 3 aromatic rings. The van der Waals surface area contributed by atoms with Crippen LogP contribution in [0.4, 0.5) is 14.9 Å². The highest BCUT2D eigenvalue weighted by molar-refractivity contribution is 5.89. The van der Waals surface area contributed by atoms with Gasteiger partial charge in [-0.25, -0.2) is 9.18 Å². The van der Waals surface area contributed by atoms with Crippen LogP contribution in [0.1, 0.15) is 24.2 Å². The van der Waals surface area contributed by atoms with Gasteiger partial charge in [0.2, 0.25) is 0 Å². The van der Waals surface area contributed by atoms with Gasteiger partial charge in [0.05, 0.1) is 18.3 Å². The average molecular weight is 335 g/mol. The van der Waals surface area contributed by atoms with Gasteiger partial charge in [-0.05, 0) is 55.0 Å². The SMILES string of the molecule is C[C@H]1c2cccn2-c2ccccc2CN1C(=O)Nc1ccc(F)cc1. The quantitative estimate of drug-likeness (QED) is 0.686. The average Bonchev–Trinajstić information content (AvgIpc) is 3.07. The van der Waals surface area contributed by atoms with Gasteiger partial charge in [-0.1, -0.05) is 18.2 Å². The van der Waals surface area contributed by atoms with Crippen LogP contribution in [0.2, 0.25) is 0 Å². The molecule has 126 valence electrons. The van der Waals surface area contributed by atoms with Crippen molar-refractivity contribution in [1.82, 2.24) is 9.47 Å². The highest BCUT2D eigenvalue weighted by Gasteiger charge is 2.28. The molecule has 0 saturated heterocycles. The van der Waals surface area contributed by atoms with Crippen molar-refractivity contribution < 1.29 is 9.18 Å². The molecule has 2 heterocycles. The Balaban J connectivity index is 1.68. The molecule has 1 N–H and O–H groups in total. The number of para-hydroxylation sites is 1. The summed E-state index contributed by atoms with van der Waals surface area (Å²) in [5.74, 6) is -0.326. The van der Waals surface area contributed by atoms with E-state index >= 15 is 0 Å². The van der Waals surface area contributed by atoms with Crippen LogP contribution in [0.15, 0.2) is 66.9 Å². The zero-order valence-corrected chi connectivity index (χ0v) is 13.8. The number of benzene rings is 2. The van der Waals surface area contributed by atoms with Crippen LogP contribution < -0.4 is 5.32 Å². The molecule has 0 aliphatic carbocycles. The number of amides is 2. The summed E-state index contributed by atoms with van der Waals surface area (Å²) in [7, 11) is 0. The molecule has 0 bridgehead atoms. The molecule has 5 heteroatoms. The summed E-state index contributed by atoms with van der Waals surface area (Å²) in [6.07, 6.45) is 2.02. The first kappa shape index (κ1) is 15.4. The van der Waals surface area contributed by atoms with Crippen molar-refractivity contribution in [2.24, 2.45) is 0 Å². The molecule has 2 aromatic carbocycles. The van der Waals surface area contributed by atoms with E-state index in [-0.39, 0.29) is 17.9 Å². The Kier molecular flexibility index (Phi) is 3.76. The second-order valence-corrected chi connectivity index (χ2v) is 6.17. The fraction of sp³-hybridized carbons (Fsp3) is 0.150. The van der Waals surface area contributed by atoms with Crippen LogP contribution in [0.3, 0.4) is 0 Å². The van der Waals surface area contributed by atoms with Crippen molar-refractivity contribution >= 4 is 11.7 Å². The van der Waals surface area contributed by atoms with Gasteiger partial charge in [0.25, 0.3) is 0 Å². The minimum Gasteiger partial charge on any atom is -0.318 e. The van der Waals surface area contributed by atoms with Gasteiger partial charge >= 0.3 is 6.03 Å². The van der Waals surface area contributed by atoms with Crippen LogP contribution in [0, 0.1) is 5.82 Å². The molecule has 0 radical (unpaired) electrons. The summed E-state index contributed by atoms with van der Waals surface area (Å²) in [4.78, 5) is 14.7. The number of rotatable bonds is 1. The molecule has 1 aromatic heterocycles. The number of urea groups is 1. The largest absolute Gasteiger partial charge is 0.322 e. The zero-order valence-electron chi connectivity index (χ0n) is 13.8. The van der Waals surface area contributed by atoms with E-state index in [1.165, 1.54) is 12.1 Å². The summed E-state index contributed by atoms with van der Waals surface area (Å²) >= 11 is 0. The van der Waals surface area contributed by atoms with Crippen LogP contribution in [0.5, 0.6) is 0 Å². The van der Waals surface area contributed by atoms with Crippen LogP contribution >= 0.6 is 0 Å². The lowest BCUT2D eigenvalue weighted by atomic mass is 10.1. The molecule has 1 atom stereocenters. The topological polar surface area (TPSA) is 37.3 Å². The van der Waals surface area contributed by atoms with Gasteiger partial charge in [-0.15, -0.1) is 0 Å². The Labute approximate surface area is 145 Å². The minimum absolute atomic E-state index is 0.0946. The number of hydrogen-bond donors (Lipinski definition) is 1. The number of nitrogens with one attached hydrogen (secondary N) is 1.